The van der Waals surface area contributed by atoms with Crippen molar-refractivity contribution in [1.29, 1.82) is 0 Å². The zero-order chi connectivity index (χ0) is 19.6. The Labute approximate surface area is 173 Å². The first-order valence-electron chi connectivity index (χ1n) is 8.05. The van der Waals surface area contributed by atoms with E-state index in [-0.39, 0.29) is 30.1 Å². The van der Waals surface area contributed by atoms with Gasteiger partial charge in [0.1, 0.15) is 5.00 Å². The van der Waals surface area contributed by atoms with Crippen LogP contribution in [0.2, 0.25) is 0 Å². The van der Waals surface area contributed by atoms with E-state index in [2.05, 4.69) is 21.2 Å². The van der Waals surface area contributed by atoms with Gasteiger partial charge < -0.3 is 10.1 Å². The van der Waals surface area contributed by atoms with Gasteiger partial charge in [-0.25, -0.2) is 13.2 Å². The zero-order valence-electron chi connectivity index (χ0n) is 14.3. The average molecular weight is 490 g/mol. The van der Waals surface area contributed by atoms with Crippen LogP contribution in [0.5, 0.6) is 0 Å². The smallest absolute Gasteiger partial charge is 0.341 e. The summed E-state index contributed by atoms with van der Waals surface area (Å²) in [5.74, 6) is -1.07. The van der Waals surface area contributed by atoms with Crippen LogP contribution in [-0.2, 0) is 31.5 Å². The molecule has 2 aromatic heterocycles. The van der Waals surface area contributed by atoms with E-state index in [0.29, 0.717) is 15.4 Å². The molecule has 0 saturated carbocycles. The first kappa shape index (κ1) is 20.2. The second-order valence-corrected chi connectivity index (χ2v) is 11.5. The molecule has 0 saturated heterocycles. The number of carbonyl (C=O) groups excluding carboxylic acids is 2. The van der Waals surface area contributed by atoms with Gasteiger partial charge in [-0.15, -0.1) is 22.7 Å². The topological polar surface area (TPSA) is 89.5 Å². The molecule has 3 rings (SSSR count). The van der Waals surface area contributed by atoms with Crippen molar-refractivity contribution in [3.05, 3.63) is 42.9 Å². The molecule has 3 heterocycles. The fourth-order valence-corrected chi connectivity index (χ4v) is 7.03. The van der Waals surface area contributed by atoms with Crippen LogP contribution in [0.4, 0.5) is 5.00 Å². The lowest BCUT2D eigenvalue weighted by molar-refractivity contribution is -0.111. The molecule has 10 heteroatoms. The van der Waals surface area contributed by atoms with Gasteiger partial charge in [0.25, 0.3) is 0 Å². The highest BCUT2D eigenvalue weighted by Gasteiger charge is 2.31. The number of sulfone groups is 1. The number of rotatable bonds is 5. The number of carbonyl (C=O) groups is 2. The number of thiophene rings is 2. The highest BCUT2D eigenvalue weighted by Crippen LogP contribution is 2.38. The lowest BCUT2D eigenvalue weighted by Gasteiger charge is -2.13. The second kappa shape index (κ2) is 8.26. The third-order valence-corrected chi connectivity index (χ3v) is 8.29. The molecule has 1 N–H and O–H groups in total. The van der Waals surface area contributed by atoms with E-state index in [1.165, 1.54) is 17.4 Å². The second-order valence-electron chi connectivity index (χ2n) is 5.73. The molecule has 0 fully saturated rings. The fraction of sp³-hybridized carbons (Fsp3) is 0.294. The van der Waals surface area contributed by atoms with Crippen molar-refractivity contribution < 1.29 is 22.7 Å². The highest BCUT2D eigenvalue weighted by atomic mass is 79.9. The summed E-state index contributed by atoms with van der Waals surface area (Å²) in [5.41, 5.74) is 0.933. The maximum absolute atomic E-state index is 12.4. The first-order chi connectivity index (χ1) is 12.8. The highest BCUT2D eigenvalue weighted by molar-refractivity contribution is 9.11. The van der Waals surface area contributed by atoms with Gasteiger partial charge in [-0.3, -0.25) is 4.79 Å². The van der Waals surface area contributed by atoms with Gasteiger partial charge in [-0.2, -0.15) is 0 Å². The standard InChI is InChI=1S/C17H16BrNO5S3/c1-2-24-17(21)15-11-7-8-27(22,23)9-12(11)26-16(15)19-14(20)6-4-10-3-5-13(18)25-10/h3-6H,2,7-9H2,1H3,(H,19,20)/b6-4+. The van der Waals surface area contributed by atoms with Gasteiger partial charge >= 0.3 is 5.97 Å². The Morgan fingerprint density at radius 2 is 2.11 bits per heavy atom. The van der Waals surface area contributed by atoms with Crippen LogP contribution in [0, 0.1) is 0 Å². The van der Waals surface area contributed by atoms with Crippen molar-refractivity contribution in [3.8, 4) is 0 Å². The van der Waals surface area contributed by atoms with Crippen LogP contribution in [0.25, 0.3) is 6.08 Å². The van der Waals surface area contributed by atoms with Gasteiger partial charge in [0, 0.05) is 15.8 Å². The van der Waals surface area contributed by atoms with Crippen molar-refractivity contribution >= 4 is 71.4 Å². The number of fused-ring (bicyclic) bond motifs is 1. The molecular weight excluding hydrogens is 474 g/mol. The summed E-state index contributed by atoms with van der Waals surface area (Å²) in [4.78, 5) is 26.2. The molecule has 6 nitrogen and oxygen atoms in total. The van der Waals surface area contributed by atoms with Crippen LogP contribution in [0.3, 0.4) is 0 Å². The summed E-state index contributed by atoms with van der Waals surface area (Å²) < 4.78 is 29.9. The van der Waals surface area contributed by atoms with E-state index in [1.54, 1.807) is 13.0 Å². The number of esters is 1. The third kappa shape index (κ3) is 4.87. The van der Waals surface area contributed by atoms with Gasteiger partial charge in [0.05, 0.1) is 27.5 Å². The lowest BCUT2D eigenvalue weighted by atomic mass is 10.1. The Balaban J connectivity index is 1.87. The monoisotopic (exact) mass is 489 g/mol. The number of hydrogen-bond donors (Lipinski definition) is 1. The first-order valence-corrected chi connectivity index (χ1v) is 12.3. The van der Waals surface area contributed by atoms with Crippen molar-refractivity contribution in [2.45, 2.75) is 19.1 Å². The number of hydrogen-bond acceptors (Lipinski definition) is 7. The molecule has 0 atom stereocenters. The molecule has 27 heavy (non-hydrogen) atoms. The maximum Gasteiger partial charge on any atom is 0.341 e. The molecule has 0 spiro atoms. The average Bonchev–Trinajstić information content (AvgIpc) is 3.14. The maximum atomic E-state index is 12.4. The van der Waals surface area contributed by atoms with E-state index in [0.717, 1.165) is 20.0 Å². The number of amides is 1. The summed E-state index contributed by atoms with van der Waals surface area (Å²) >= 11 is 5.97. The van der Waals surface area contributed by atoms with E-state index in [1.807, 2.05) is 12.1 Å². The quantitative estimate of drug-likeness (QED) is 0.508. The Morgan fingerprint density at radius 1 is 1.33 bits per heavy atom. The number of ether oxygens (including phenoxy) is 1. The van der Waals surface area contributed by atoms with Crippen LogP contribution in [0.15, 0.2) is 22.0 Å². The lowest BCUT2D eigenvalue weighted by Crippen LogP contribution is -2.20. The van der Waals surface area contributed by atoms with Crippen LogP contribution >= 0.6 is 38.6 Å². The van der Waals surface area contributed by atoms with Gasteiger partial charge in [-0.05, 0) is 53.0 Å². The number of nitrogens with one attached hydrogen (secondary N) is 1. The summed E-state index contributed by atoms with van der Waals surface area (Å²) in [7, 11) is -3.18. The molecule has 0 aromatic carbocycles. The predicted molar refractivity (Wildman–Crippen MR) is 111 cm³/mol. The Kier molecular flexibility index (Phi) is 6.19. The number of halogens is 1. The van der Waals surface area contributed by atoms with Crippen LogP contribution < -0.4 is 5.32 Å². The van der Waals surface area contributed by atoms with Gasteiger partial charge in [0.15, 0.2) is 9.84 Å². The molecule has 1 aliphatic heterocycles. The molecule has 2 aromatic rings. The predicted octanol–water partition coefficient (Wildman–Crippen LogP) is 3.87. The van der Waals surface area contributed by atoms with Crippen LogP contribution in [0.1, 0.15) is 32.6 Å². The molecule has 0 bridgehead atoms. The van der Waals surface area contributed by atoms with Gasteiger partial charge in [0.2, 0.25) is 5.91 Å². The molecule has 1 amide bonds. The van der Waals surface area contributed by atoms with E-state index < -0.39 is 21.7 Å². The minimum Gasteiger partial charge on any atom is -0.462 e. The zero-order valence-corrected chi connectivity index (χ0v) is 18.3. The minimum atomic E-state index is -3.18. The third-order valence-electron chi connectivity index (χ3n) is 3.81. The van der Waals surface area contributed by atoms with E-state index >= 15 is 0 Å². The van der Waals surface area contributed by atoms with Crippen molar-refractivity contribution in [1.82, 2.24) is 0 Å². The molecule has 1 aliphatic rings. The molecule has 0 unspecified atom stereocenters. The minimum absolute atomic E-state index is 0.0102. The molecule has 0 aliphatic carbocycles. The summed E-state index contributed by atoms with van der Waals surface area (Å²) in [6.07, 6.45) is 3.30. The molecular formula is C17H16BrNO5S3. The Morgan fingerprint density at radius 3 is 2.78 bits per heavy atom. The largest absolute Gasteiger partial charge is 0.462 e. The van der Waals surface area contributed by atoms with Crippen molar-refractivity contribution in [2.75, 3.05) is 17.7 Å². The Bertz CT molecular complexity index is 1020. The SMILES string of the molecule is CCOC(=O)c1c(NC(=O)/C=C/c2ccc(Br)s2)sc2c1CCS(=O)(=O)C2. The van der Waals surface area contributed by atoms with Crippen LogP contribution in [-0.4, -0.2) is 32.7 Å². The van der Waals surface area contributed by atoms with Gasteiger partial charge in [-0.1, -0.05) is 0 Å². The molecule has 0 radical (unpaired) electrons. The summed E-state index contributed by atoms with van der Waals surface area (Å²) in [6, 6.07) is 3.76. The van der Waals surface area contributed by atoms with Crippen molar-refractivity contribution in [3.63, 3.8) is 0 Å². The van der Waals surface area contributed by atoms with E-state index in [4.69, 9.17) is 4.74 Å². The normalized spacial score (nSPS) is 15.5. The molecule has 144 valence electrons. The summed E-state index contributed by atoms with van der Waals surface area (Å²) in [6.45, 7) is 1.89. The van der Waals surface area contributed by atoms with Crippen molar-refractivity contribution in [2.24, 2.45) is 0 Å². The van der Waals surface area contributed by atoms with E-state index in [9.17, 15) is 18.0 Å². The summed E-state index contributed by atoms with van der Waals surface area (Å²) in [5, 5.41) is 3.03. The Hall–Kier alpha value is -1.49. The fourth-order valence-electron chi connectivity index (χ4n) is 2.66. The number of anilines is 1.